The lowest BCUT2D eigenvalue weighted by Crippen LogP contribution is -2.24. The molecule has 182 valence electrons. The molecule has 8 nitrogen and oxygen atoms in total. The van der Waals surface area contributed by atoms with Crippen LogP contribution >= 0.6 is 11.3 Å². The summed E-state index contributed by atoms with van der Waals surface area (Å²) in [6.45, 7) is 4.34. The van der Waals surface area contributed by atoms with Gasteiger partial charge in [-0.1, -0.05) is 31.3 Å². The molecule has 2 heterocycles. The molecule has 10 heteroatoms. The number of hydrogen-bond donors (Lipinski definition) is 2. The summed E-state index contributed by atoms with van der Waals surface area (Å²) in [6.07, 6.45) is 1.75. The van der Waals surface area contributed by atoms with E-state index in [4.69, 9.17) is 0 Å². The second-order valence-electron chi connectivity index (χ2n) is 8.36. The van der Waals surface area contributed by atoms with E-state index in [1.54, 1.807) is 41.3 Å². The second-order valence-corrected chi connectivity index (χ2v) is 9.37. The summed E-state index contributed by atoms with van der Waals surface area (Å²) >= 11 is 1.22. The first kappa shape index (κ1) is 24.5. The maximum Gasteiger partial charge on any atom is 0.257 e. The van der Waals surface area contributed by atoms with Crippen molar-refractivity contribution >= 4 is 45.6 Å². The van der Waals surface area contributed by atoms with Gasteiger partial charge in [0.05, 0.1) is 0 Å². The Bertz CT molecular complexity index is 1230. The molecule has 2 aromatic carbocycles. The van der Waals surface area contributed by atoms with Gasteiger partial charge in [0.15, 0.2) is 0 Å². The SMILES string of the molecule is CCC(CC)C(=O)Nc1cccc(C(=O)Nc2nnc(C3CC(=O)N(c4ccc(F)cc4)C3)s2)c1. The summed E-state index contributed by atoms with van der Waals surface area (Å²) in [5.41, 5.74) is 1.56. The average Bonchev–Trinajstić information content (AvgIpc) is 3.47. The number of carbonyl (C=O) groups excluding carboxylic acids is 3. The smallest absolute Gasteiger partial charge is 0.257 e. The number of hydrogen-bond acceptors (Lipinski definition) is 6. The van der Waals surface area contributed by atoms with Gasteiger partial charge < -0.3 is 10.2 Å². The monoisotopic (exact) mass is 495 g/mol. The van der Waals surface area contributed by atoms with Gasteiger partial charge in [-0.3, -0.25) is 19.7 Å². The fourth-order valence-electron chi connectivity index (χ4n) is 4.00. The predicted octanol–water partition coefficient (Wildman–Crippen LogP) is 4.82. The fourth-order valence-corrected chi connectivity index (χ4v) is 4.83. The van der Waals surface area contributed by atoms with E-state index in [-0.39, 0.29) is 41.8 Å². The molecule has 1 unspecified atom stereocenters. The third-order valence-electron chi connectivity index (χ3n) is 6.02. The molecule has 0 saturated carbocycles. The Kier molecular flexibility index (Phi) is 7.50. The van der Waals surface area contributed by atoms with Crippen molar-refractivity contribution in [3.8, 4) is 0 Å². The molecule has 0 bridgehead atoms. The normalized spacial score (nSPS) is 15.5. The average molecular weight is 496 g/mol. The van der Waals surface area contributed by atoms with Crippen LogP contribution in [0.4, 0.5) is 20.9 Å². The standard InChI is InChI=1S/C25H26FN5O3S/c1-3-15(4-2)22(33)27-19-7-5-6-16(12-19)23(34)28-25-30-29-24(35-25)17-13-21(32)31(14-17)20-10-8-18(26)9-11-20/h5-12,15,17H,3-4,13-14H2,1-2H3,(H,27,33)(H,28,30,34). The van der Waals surface area contributed by atoms with Crippen molar-refractivity contribution in [2.24, 2.45) is 5.92 Å². The van der Waals surface area contributed by atoms with Crippen molar-refractivity contribution in [2.75, 3.05) is 22.1 Å². The highest BCUT2D eigenvalue weighted by atomic mass is 32.1. The Labute approximate surface area is 206 Å². The molecule has 2 N–H and O–H groups in total. The molecule has 0 radical (unpaired) electrons. The maximum atomic E-state index is 13.2. The number of rotatable bonds is 8. The first-order valence-electron chi connectivity index (χ1n) is 11.5. The quantitative estimate of drug-likeness (QED) is 0.466. The largest absolute Gasteiger partial charge is 0.326 e. The van der Waals surface area contributed by atoms with Gasteiger partial charge in [0.1, 0.15) is 10.8 Å². The molecule has 1 aromatic heterocycles. The third-order valence-corrected chi connectivity index (χ3v) is 7.02. The van der Waals surface area contributed by atoms with Crippen molar-refractivity contribution in [3.05, 3.63) is 64.9 Å². The first-order chi connectivity index (χ1) is 16.9. The first-order valence-corrected chi connectivity index (χ1v) is 12.3. The zero-order valence-corrected chi connectivity index (χ0v) is 20.3. The minimum atomic E-state index is -0.373. The van der Waals surface area contributed by atoms with E-state index in [2.05, 4.69) is 20.8 Å². The maximum absolute atomic E-state index is 13.2. The minimum Gasteiger partial charge on any atom is -0.326 e. The molecule has 1 fully saturated rings. The molecule has 4 rings (SSSR count). The molecule has 0 aliphatic carbocycles. The molecule has 35 heavy (non-hydrogen) atoms. The zero-order chi connectivity index (χ0) is 24.9. The van der Waals surface area contributed by atoms with Crippen LogP contribution in [0.5, 0.6) is 0 Å². The van der Waals surface area contributed by atoms with Gasteiger partial charge in [0.25, 0.3) is 5.91 Å². The lowest BCUT2D eigenvalue weighted by molar-refractivity contribution is -0.120. The zero-order valence-electron chi connectivity index (χ0n) is 19.5. The number of nitrogens with zero attached hydrogens (tertiary/aromatic N) is 3. The van der Waals surface area contributed by atoms with E-state index in [0.29, 0.717) is 33.6 Å². The van der Waals surface area contributed by atoms with Gasteiger partial charge in [-0.2, -0.15) is 0 Å². The van der Waals surface area contributed by atoms with Crippen molar-refractivity contribution in [1.29, 1.82) is 0 Å². The molecule has 1 saturated heterocycles. The molecule has 1 aliphatic rings. The summed E-state index contributed by atoms with van der Waals surface area (Å²) in [6, 6.07) is 12.5. The van der Waals surface area contributed by atoms with E-state index >= 15 is 0 Å². The van der Waals surface area contributed by atoms with Crippen LogP contribution in [-0.4, -0.2) is 34.5 Å². The van der Waals surface area contributed by atoms with Gasteiger partial charge in [0.2, 0.25) is 16.9 Å². The summed E-state index contributed by atoms with van der Waals surface area (Å²) in [4.78, 5) is 39.2. The lowest BCUT2D eigenvalue weighted by Gasteiger charge is -2.16. The van der Waals surface area contributed by atoms with Gasteiger partial charge in [-0.05, 0) is 55.3 Å². The van der Waals surface area contributed by atoms with E-state index in [1.807, 2.05) is 13.8 Å². The molecule has 3 amide bonds. The van der Waals surface area contributed by atoms with Crippen molar-refractivity contribution < 1.29 is 18.8 Å². The highest BCUT2D eigenvalue weighted by Gasteiger charge is 2.34. The number of nitrogens with one attached hydrogen (secondary N) is 2. The molecular weight excluding hydrogens is 469 g/mol. The summed E-state index contributed by atoms with van der Waals surface area (Å²) in [5, 5.41) is 14.8. The Morgan fingerprint density at radius 1 is 1.11 bits per heavy atom. The van der Waals surface area contributed by atoms with E-state index in [9.17, 15) is 18.8 Å². The van der Waals surface area contributed by atoms with E-state index in [1.165, 1.54) is 23.5 Å². The van der Waals surface area contributed by atoms with Crippen LogP contribution in [0.3, 0.4) is 0 Å². The lowest BCUT2D eigenvalue weighted by atomic mass is 10.0. The van der Waals surface area contributed by atoms with Crippen molar-refractivity contribution in [1.82, 2.24) is 10.2 Å². The third kappa shape index (κ3) is 5.71. The number of halogens is 1. The Morgan fingerprint density at radius 2 is 1.86 bits per heavy atom. The Hall–Kier alpha value is -3.66. The number of amides is 3. The van der Waals surface area contributed by atoms with Gasteiger partial charge >= 0.3 is 0 Å². The Balaban J connectivity index is 1.39. The fraction of sp³-hybridized carbons (Fsp3) is 0.320. The molecule has 3 aromatic rings. The molecular formula is C25H26FN5O3S. The van der Waals surface area contributed by atoms with E-state index < -0.39 is 0 Å². The van der Waals surface area contributed by atoms with Crippen LogP contribution < -0.4 is 15.5 Å². The van der Waals surface area contributed by atoms with Crippen LogP contribution in [-0.2, 0) is 9.59 Å². The van der Waals surface area contributed by atoms with Crippen LogP contribution in [0, 0.1) is 11.7 Å². The van der Waals surface area contributed by atoms with Crippen LogP contribution in [0.25, 0.3) is 0 Å². The van der Waals surface area contributed by atoms with Crippen LogP contribution in [0.15, 0.2) is 48.5 Å². The van der Waals surface area contributed by atoms with Gasteiger partial charge in [-0.15, -0.1) is 10.2 Å². The molecule has 1 atom stereocenters. The molecule has 1 aliphatic heterocycles. The highest BCUT2D eigenvalue weighted by molar-refractivity contribution is 7.15. The number of carbonyl (C=O) groups is 3. The minimum absolute atomic E-state index is 0.0675. The van der Waals surface area contributed by atoms with Crippen LogP contribution in [0.2, 0.25) is 0 Å². The summed E-state index contributed by atoms with van der Waals surface area (Å²) < 4.78 is 13.2. The van der Waals surface area contributed by atoms with Crippen molar-refractivity contribution in [3.63, 3.8) is 0 Å². The van der Waals surface area contributed by atoms with Crippen LogP contribution in [0.1, 0.15) is 54.4 Å². The van der Waals surface area contributed by atoms with Crippen molar-refractivity contribution in [2.45, 2.75) is 39.0 Å². The number of benzene rings is 2. The predicted molar refractivity (Wildman–Crippen MR) is 133 cm³/mol. The molecule has 0 spiro atoms. The van der Waals surface area contributed by atoms with E-state index in [0.717, 1.165) is 12.8 Å². The number of anilines is 3. The topological polar surface area (TPSA) is 104 Å². The van der Waals surface area contributed by atoms with Gasteiger partial charge in [-0.25, -0.2) is 4.39 Å². The Morgan fingerprint density at radius 3 is 2.57 bits per heavy atom. The summed E-state index contributed by atoms with van der Waals surface area (Å²) in [7, 11) is 0. The second kappa shape index (κ2) is 10.7. The summed E-state index contributed by atoms with van der Waals surface area (Å²) in [5.74, 6) is -1.12. The highest BCUT2D eigenvalue weighted by Crippen LogP contribution is 2.34. The van der Waals surface area contributed by atoms with Gasteiger partial charge in [0, 0.05) is 41.7 Å². The number of aromatic nitrogens is 2.